The first-order valence-corrected chi connectivity index (χ1v) is 12.4. The van der Waals surface area contributed by atoms with E-state index in [0.717, 1.165) is 0 Å². The second-order valence-electron chi connectivity index (χ2n) is 7.85. The molecule has 0 spiro atoms. The van der Waals surface area contributed by atoms with E-state index in [1.807, 2.05) is 20.1 Å². The van der Waals surface area contributed by atoms with Crippen LogP contribution >= 0.6 is 11.8 Å². The number of aliphatic hydroxyl groups is 1. The number of aliphatic carboxylic acids is 1. The van der Waals surface area contributed by atoms with E-state index in [2.05, 4.69) is 20.9 Å². The lowest BCUT2D eigenvalue weighted by Gasteiger charge is -2.26. The fourth-order valence-corrected chi connectivity index (χ4v) is 3.26. The van der Waals surface area contributed by atoms with Gasteiger partial charge < -0.3 is 43.4 Å². The highest BCUT2D eigenvalue weighted by molar-refractivity contribution is 7.98. The van der Waals surface area contributed by atoms with Gasteiger partial charge >= 0.3 is 5.97 Å². The van der Waals surface area contributed by atoms with Crippen LogP contribution in [0.1, 0.15) is 39.5 Å². The van der Waals surface area contributed by atoms with Gasteiger partial charge in [0, 0.05) is 6.54 Å². The molecule has 5 atom stereocenters. The number of nitrogens with one attached hydrogen (secondary N) is 3. The van der Waals surface area contributed by atoms with E-state index in [4.69, 9.17) is 22.3 Å². The van der Waals surface area contributed by atoms with Crippen molar-refractivity contribution in [3.63, 3.8) is 0 Å². The third kappa shape index (κ3) is 12.0. The van der Waals surface area contributed by atoms with Gasteiger partial charge in [-0.2, -0.15) is 11.8 Å². The molecule has 0 saturated carbocycles. The Labute approximate surface area is 204 Å². The normalized spacial score (nSPS) is 15.2. The summed E-state index contributed by atoms with van der Waals surface area (Å²) in [4.78, 5) is 53.2. The van der Waals surface area contributed by atoms with Crippen LogP contribution in [0.4, 0.5) is 0 Å². The molecule has 0 aliphatic heterocycles. The first-order chi connectivity index (χ1) is 16.0. The Balaban J connectivity index is 5.51. The molecule has 11 N–H and O–H groups in total. The summed E-state index contributed by atoms with van der Waals surface area (Å²) in [7, 11) is 0. The van der Waals surface area contributed by atoms with Crippen LogP contribution in [0.2, 0.25) is 0 Å². The Morgan fingerprint density at radius 2 is 1.50 bits per heavy atom. The third-order valence-electron chi connectivity index (χ3n) is 5.18. The summed E-state index contributed by atoms with van der Waals surface area (Å²) in [5.41, 5.74) is 16.6. The highest BCUT2D eigenvalue weighted by atomic mass is 32.2. The van der Waals surface area contributed by atoms with Gasteiger partial charge in [-0.3, -0.25) is 19.4 Å². The average Bonchev–Trinajstić information content (AvgIpc) is 2.79. The molecule has 34 heavy (non-hydrogen) atoms. The van der Waals surface area contributed by atoms with Crippen molar-refractivity contribution < 1.29 is 29.4 Å². The molecule has 0 fully saturated rings. The maximum atomic E-state index is 13.0. The van der Waals surface area contributed by atoms with E-state index in [0.29, 0.717) is 25.0 Å². The maximum absolute atomic E-state index is 13.0. The molecule has 0 aromatic rings. The second-order valence-corrected chi connectivity index (χ2v) is 8.83. The van der Waals surface area contributed by atoms with Gasteiger partial charge in [-0.25, -0.2) is 4.79 Å². The molecule has 0 aromatic carbocycles. The van der Waals surface area contributed by atoms with Crippen LogP contribution in [0.3, 0.4) is 0 Å². The molecule has 3 amide bonds. The van der Waals surface area contributed by atoms with Gasteiger partial charge in [0.2, 0.25) is 17.7 Å². The number of rotatable bonds is 17. The van der Waals surface area contributed by atoms with Crippen molar-refractivity contribution in [1.82, 2.24) is 16.0 Å². The van der Waals surface area contributed by atoms with Crippen molar-refractivity contribution in [3.8, 4) is 0 Å². The first kappa shape index (κ1) is 31.4. The summed E-state index contributed by atoms with van der Waals surface area (Å²) >= 11 is 1.48. The van der Waals surface area contributed by atoms with Gasteiger partial charge in [0.1, 0.15) is 18.1 Å². The summed E-state index contributed by atoms with van der Waals surface area (Å²) in [6.07, 6.45) is 3.21. The highest BCUT2D eigenvalue weighted by Gasteiger charge is 2.30. The van der Waals surface area contributed by atoms with Crippen molar-refractivity contribution in [2.45, 2.75) is 63.7 Å². The van der Waals surface area contributed by atoms with Crippen molar-refractivity contribution in [1.29, 1.82) is 0 Å². The molecule has 0 aliphatic rings. The number of nitrogens with zero attached hydrogens (tertiary/aromatic N) is 1. The molecule has 13 nitrogen and oxygen atoms in total. The number of nitrogens with two attached hydrogens (primary N) is 3. The summed E-state index contributed by atoms with van der Waals surface area (Å²) in [6, 6.07) is -4.43. The topological polar surface area (TPSA) is 235 Å². The van der Waals surface area contributed by atoms with Crippen LogP contribution in [0.25, 0.3) is 0 Å². The summed E-state index contributed by atoms with van der Waals surface area (Å²) in [5, 5.41) is 25.7. The second kappa shape index (κ2) is 16.9. The number of carboxylic acid groups (broad SMARTS) is 1. The molecule has 5 unspecified atom stereocenters. The molecule has 0 bridgehead atoms. The fourth-order valence-electron chi connectivity index (χ4n) is 2.79. The number of carboxylic acids is 1. The Kier molecular flexibility index (Phi) is 15.7. The lowest BCUT2D eigenvalue weighted by Crippen LogP contribution is -2.58. The van der Waals surface area contributed by atoms with E-state index in [1.54, 1.807) is 0 Å². The largest absolute Gasteiger partial charge is 0.480 e. The highest BCUT2D eigenvalue weighted by Crippen LogP contribution is 2.08. The molecular weight excluding hydrogens is 466 g/mol. The lowest BCUT2D eigenvalue weighted by molar-refractivity contribution is -0.143. The SMILES string of the molecule is CCC(C)C(N)C(=O)NC(CCSC)C(=O)NC(CCCN=C(N)N)C(=O)NC(CO)C(=O)O. The molecular formula is C20H39N7O6S. The standard InChI is InChI=1S/C20H39N7O6S/c1-4-11(2)15(21)18(31)26-13(7-9-34-3)17(30)25-12(6-5-8-24-20(22)23)16(29)27-14(10-28)19(32)33/h11-15,28H,4-10,21H2,1-3H3,(H,25,30)(H,26,31)(H,27,29)(H,32,33)(H4,22,23,24). The monoisotopic (exact) mass is 505 g/mol. The van der Waals surface area contributed by atoms with E-state index >= 15 is 0 Å². The number of hydrogen-bond acceptors (Lipinski definition) is 8. The smallest absolute Gasteiger partial charge is 0.328 e. The Hall–Kier alpha value is -2.58. The van der Waals surface area contributed by atoms with Gasteiger partial charge in [0.05, 0.1) is 12.6 Å². The Morgan fingerprint density at radius 3 is 1.97 bits per heavy atom. The number of aliphatic hydroxyl groups excluding tert-OH is 1. The van der Waals surface area contributed by atoms with E-state index < -0.39 is 54.5 Å². The molecule has 0 rings (SSSR count). The van der Waals surface area contributed by atoms with Gasteiger partial charge in [-0.15, -0.1) is 0 Å². The quantitative estimate of drug-likeness (QED) is 0.0597. The number of guanidine groups is 1. The van der Waals surface area contributed by atoms with Gasteiger partial charge in [0.25, 0.3) is 0 Å². The van der Waals surface area contributed by atoms with E-state index in [-0.39, 0.29) is 24.8 Å². The number of carbonyl (C=O) groups excluding carboxylic acids is 3. The number of carbonyl (C=O) groups is 4. The average molecular weight is 506 g/mol. The Morgan fingerprint density at radius 1 is 0.971 bits per heavy atom. The number of amides is 3. The molecule has 0 saturated heterocycles. The molecule has 0 aromatic heterocycles. The van der Waals surface area contributed by atoms with Crippen LogP contribution in [-0.4, -0.2) is 89.2 Å². The van der Waals surface area contributed by atoms with Crippen LogP contribution in [0.5, 0.6) is 0 Å². The minimum atomic E-state index is -1.54. The summed E-state index contributed by atoms with van der Waals surface area (Å²) < 4.78 is 0. The van der Waals surface area contributed by atoms with E-state index in [9.17, 15) is 24.3 Å². The predicted octanol–water partition coefficient (Wildman–Crippen LogP) is -2.30. The van der Waals surface area contributed by atoms with Crippen molar-refractivity contribution >= 4 is 41.4 Å². The number of aliphatic imine (C=N–C) groups is 1. The zero-order valence-corrected chi connectivity index (χ0v) is 20.8. The zero-order chi connectivity index (χ0) is 26.3. The van der Waals surface area contributed by atoms with Gasteiger partial charge in [0.15, 0.2) is 5.96 Å². The number of thioether (sulfide) groups is 1. The van der Waals surface area contributed by atoms with Crippen LogP contribution < -0.4 is 33.2 Å². The van der Waals surface area contributed by atoms with Crippen LogP contribution in [0.15, 0.2) is 4.99 Å². The summed E-state index contributed by atoms with van der Waals surface area (Å²) in [5.74, 6) is -2.98. The molecule has 0 radical (unpaired) electrons. The van der Waals surface area contributed by atoms with Crippen molar-refractivity contribution in [2.75, 3.05) is 25.2 Å². The molecule has 0 heterocycles. The van der Waals surface area contributed by atoms with Gasteiger partial charge in [-0.05, 0) is 37.2 Å². The first-order valence-electron chi connectivity index (χ1n) is 11.0. The van der Waals surface area contributed by atoms with Crippen molar-refractivity contribution in [2.24, 2.45) is 28.1 Å². The fraction of sp³-hybridized carbons (Fsp3) is 0.750. The summed E-state index contributed by atoms with van der Waals surface area (Å²) in [6.45, 7) is 3.09. The number of hydrogen-bond donors (Lipinski definition) is 8. The lowest BCUT2D eigenvalue weighted by atomic mass is 9.99. The molecule has 0 aliphatic carbocycles. The molecule has 196 valence electrons. The van der Waals surface area contributed by atoms with Crippen LogP contribution in [-0.2, 0) is 19.2 Å². The predicted molar refractivity (Wildman–Crippen MR) is 131 cm³/mol. The van der Waals surface area contributed by atoms with E-state index in [1.165, 1.54) is 11.8 Å². The zero-order valence-electron chi connectivity index (χ0n) is 20.0. The minimum absolute atomic E-state index is 0.0850. The minimum Gasteiger partial charge on any atom is -0.480 e. The van der Waals surface area contributed by atoms with Gasteiger partial charge in [-0.1, -0.05) is 20.3 Å². The maximum Gasteiger partial charge on any atom is 0.328 e. The van der Waals surface area contributed by atoms with Crippen LogP contribution in [0, 0.1) is 5.92 Å². The third-order valence-corrected chi connectivity index (χ3v) is 5.82. The Bertz CT molecular complexity index is 705. The van der Waals surface area contributed by atoms with Crippen molar-refractivity contribution in [3.05, 3.63) is 0 Å². The molecule has 14 heteroatoms.